The number of benzene rings is 1. The van der Waals surface area contributed by atoms with Gasteiger partial charge < -0.3 is 4.42 Å². The van der Waals surface area contributed by atoms with Gasteiger partial charge in [-0.2, -0.15) is 5.26 Å². The summed E-state index contributed by atoms with van der Waals surface area (Å²) in [4.78, 5) is 0. The van der Waals surface area contributed by atoms with Crippen LogP contribution in [0.1, 0.15) is 6.92 Å². The Labute approximate surface area is 59.0 Å². The van der Waals surface area contributed by atoms with Crippen molar-refractivity contribution in [2.75, 3.05) is 0 Å². The Balaban J connectivity index is 0.000000148. The Bertz CT molecular complexity index is 273. The molecule has 2 rings (SSSR count). The first-order valence-electron chi connectivity index (χ1n) is 2.95. The summed E-state index contributed by atoms with van der Waals surface area (Å²) in [7, 11) is 0. The second kappa shape index (κ2) is 2.88. The predicted octanol–water partition coefficient (Wildman–Crippen LogP) is 2.40. The van der Waals surface area contributed by atoms with Gasteiger partial charge in [0.1, 0.15) is 11.2 Å². The number of hydrogen-bond acceptors (Lipinski definition) is 2. The molecule has 0 aliphatic rings. The fourth-order valence-corrected chi connectivity index (χ4v) is 0.712. The number of nitrogens with zero attached hydrogens (tertiary/aromatic N) is 1. The molecule has 0 aliphatic carbocycles. The predicted molar refractivity (Wildman–Crippen MR) is 38.7 cm³/mol. The number of hydrogen-bond donors (Lipinski definition) is 0. The minimum Gasteiger partial charge on any atom is -0.457 e. The van der Waals surface area contributed by atoms with Crippen LogP contribution in [0.5, 0.6) is 0 Å². The largest absolute Gasteiger partial charge is 0.457 e. The molecule has 2 heteroatoms. The van der Waals surface area contributed by atoms with Gasteiger partial charge in [-0.1, -0.05) is 0 Å². The monoisotopic (exact) mass is 133 g/mol. The molecule has 2 heterocycles. The van der Waals surface area contributed by atoms with E-state index in [2.05, 4.69) is 0 Å². The van der Waals surface area contributed by atoms with Crippen molar-refractivity contribution in [3.05, 3.63) is 24.3 Å². The first kappa shape index (κ1) is 6.63. The number of nitriles is 1. The van der Waals surface area contributed by atoms with Gasteiger partial charge in [0.25, 0.3) is 0 Å². The first-order chi connectivity index (χ1) is 4.86. The first-order valence-corrected chi connectivity index (χ1v) is 2.95. The second-order valence-electron chi connectivity index (χ2n) is 1.80. The van der Waals surface area contributed by atoms with E-state index in [-0.39, 0.29) is 0 Å². The Kier molecular flexibility index (Phi) is 1.91. The van der Waals surface area contributed by atoms with Gasteiger partial charge in [0.05, 0.1) is 6.07 Å². The summed E-state index contributed by atoms with van der Waals surface area (Å²) in [5.41, 5.74) is 1.94. The molecule has 2 bridgehead atoms. The van der Waals surface area contributed by atoms with E-state index in [9.17, 15) is 0 Å². The molecule has 0 spiro atoms. The number of furan rings is 2. The summed E-state index contributed by atoms with van der Waals surface area (Å²) >= 11 is 0. The molecule has 0 saturated heterocycles. The lowest BCUT2D eigenvalue weighted by atomic mass is 10.4. The zero-order valence-corrected chi connectivity index (χ0v) is 5.66. The van der Waals surface area contributed by atoms with E-state index in [1.165, 1.54) is 6.92 Å². The fraction of sp³-hybridized carbons (Fsp3) is 0.125. The van der Waals surface area contributed by atoms with Crippen molar-refractivity contribution in [2.45, 2.75) is 6.92 Å². The summed E-state index contributed by atoms with van der Waals surface area (Å²) < 4.78 is 5.08. The summed E-state index contributed by atoms with van der Waals surface area (Å²) in [5.74, 6) is 0. The number of fused-ring (bicyclic) bond motifs is 2. The standard InChI is InChI=1S/C6H4O.C2H3N/c1-2-6-4-3-5(1)7-6;1-2-3/h1-4H;1H3. The van der Waals surface area contributed by atoms with E-state index in [0.29, 0.717) is 0 Å². The average Bonchev–Trinajstić information content (AvgIpc) is 2.49. The molecule has 0 aromatic carbocycles. The third-order valence-corrected chi connectivity index (χ3v) is 1.06. The van der Waals surface area contributed by atoms with Crippen LogP contribution in [0.2, 0.25) is 0 Å². The summed E-state index contributed by atoms with van der Waals surface area (Å²) in [6.07, 6.45) is 0. The van der Waals surface area contributed by atoms with Crippen LogP contribution in [0.4, 0.5) is 0 Å². The summed E-state index contributed by atoms with van der Waals surface area (Å²) in [6, 6.07) is 9.56. The minimum absolute atomic E-state index is 0.968. The molecule has 0 atom stereocenters. The molecule has 0 saturated carbocycles. The van der Waals surface area contributed by atoms with Crippen molar-refractivity contribution in [2.24, 2.45) is 0 Å². The molecule has 0 unspecified atom stereocenters. The van der Waals surface area contributed by atoms with Gasteiger partial charge in [-0.05, 0) is 24.3 Å². The van der Waals surface area contributed by atoms with E-state index in [4.69, 9.17) is 9.68 Å². The van der Waals surface area contributed by atoms with Gasteiger partial charge in [0.2, 0.25) is 0 Å². The van der Waals surface area contributed by atoms with Crippen LogP contribution in [0.15, 0.2) is 28.7 Å². The Hall–Kier alpha value is -1.49. The van der Waals surface area contributed by atoms with Crippen LogP contribution >= 0.6 is 0 Å². The van der Waals surface area contributed by atoms with Gasteiger partial charge >= 0.3 is 0 Å². The van der Waals surface area contributed by atoms with Gasteiger partial charge in [0, 0.05) is 6.92 Å². The van der Waals surface area contributed by atoms with Crippen LogP contribution in [0.3, 0.4) is 0 Å². The van der Waals surface area contributed by atoms with Gasteiger partial charge in [0.15, 0.2) is 0 Å². The highest BCUT2D eigenvalue weighted by Crippen LogP contribution is 2.13. The van der Waals surface area contributed by atoms with Crippen molar-refractivity contribution in [3.8, 4) is 6.07 Å². The lowest BCUT2D eigenvalue weighted by molar-refractivity contribution is 0.675. The normalized spacial score (nSPS) is 8.40. The molecule has 0 N–H and O–H groups in total. The third kappa shape index (κ3) is 1.26. The highest BCUT2D eigenvalue weighted by atomic mass is 16.3. The lowest BCUT2D eigenvalue weighted by Crippen LogP contribution is -1.43. The molecule has 2 aromatic heterocycles. The van der Waals surface area contributed by atoms with Gasteiger partial charge in [-0.3, -0.25) is 0 Å². The van der Waals surface area contributed by atoms with E-state index in [0.717, 1.165) is 11.2 Å². The topological polar surface area (TPSA) is 36.9 Å². The van der Waals surface area contributed by atoms with E-state index >= 15 is 0 Å². The van der Waals surface area contributed by atoms with Gasteiger partial charge in [-0.25, -0.2) is 0 Å². The second-order valence-corrected chi connectivity index (χ2v) is 1.80. The van der Waals surface area contributed by atoms with Crippen LogP contribution in [0, 0.1) is 11.3 Å². The van der Waals surface area contributed by atoms with E-state index < -0.39 is 0 Å². The van der Waals surface area contributed by atoms with Crippen molar-refractivity contribution < 1.29 is 4.42 Å². The Morgan fingerprint density at radius 2 is 1.50 bits per heavy atom. The zero-order chi connectivity index (χ0) is 7.40. The molecule has 0 amide bonds. The SMILES string of the molecule is CC#N.c1cc2ccc1o2. The number of rotatable bonds is 0. The fourth-order valence-electron chi connectivity index (χ4n) is 0.712. The molecule has 0 fully saturated rings. The third-order valence-electron chi connectivity index (χ3n) is 1.06. The van der Waals surface area contributed by atoms with Crippen LogP contribution in [0.25, 0.3) is 11.2 Å². The van der Waals surface area contributed by atoms with Crippen molar-refractivity contribution in [1.82, 2.24) is 0 Å². The zero-order valence-electron chi connectivity index (χ0n) is 5.66. The van der Waals surface area contributed by atoms with Crippen molar-refractivity contribution >= 4 is 11.2 Å². The average molecular weight is 133 g/mol. The maximum atomic E-state index is 7.32. The van der Waals surface area contributed by atoms with E-state index in [1.54, 1.807) is 6.07 Å². The maximum absolute atomic E-state index is 7.32. The molecule has 50 valence electrons. The summed E-state index contributed by atoms with van der Waals surface area (Å²) in [5, 5.41) is 7.32. The summed E-state index contributed by atoms with van der Waals surface area (Å²) in [6.45, 7) is 1.43. The van der Waals surface area contributed by atoms with Crippen molar-refractivity contribution in [1.29, 1.82) is 5.26 Å². The molecule has 10 heavy (non-hydrogen) atoms. The quantitative estimate of drug-likeness (QED) is 0.553. The molecular formula is C8H7NO. The van der Waals surface area contributed by atoms with Crippen LogP contribution in [-0.2, 0) is 0 Å². The minimum atomic E-state index is 0.968. The molecular weight excluding hydrogens is 126 g/mol. The van der Waals surface area contributed by atoms with Crippen LogP contribution < -0.4 is 0 Å². The Morgan fingerprint density at radius 1 is 1.20 bits per heavy atom. The molecule has 0 radical (unpaired) electrons. The highest BCUT2D eigenvalue weighted by molar-refractivity contribution is 5.59. The maximum Gasteiger partial charge on any atom is 0.127 e. The Morgan fingerprint density at radius 3 is 1.60 bits per heavy atom. The smallest absolute Gasteiger partial charge is 0.127 e. The highest BCUT2D eigenvalue weighted by Gasteiger charge is 1.91. The van der Waals surface area contributed by atoms with E-state index in [1.807, 2.05) is 24.3 Å². The van der Waals surface area contributed by atoms with Crippen molar-refractivity contribution in [3.63, 3.8) is 0 Å². The molecule has 2 nitrogen and oxygen atoms in total. The molecule has 0 aliphatic heterocycles. The lowest BCUT2D eigenvalue weighted by Gasteiger charge is -1.60. The van der Waals surface area contributed by atoms with Crippen LogP contribution in [-0.4, -0.2) is 0 Å². The molecule has 2 aromatic rings. The van der Waals surface area contributed by atoms with Gasteiger partial charge in [-0.15, -0.1) is 0 Å².